The van der Waals surface area contributed by atoms with Gasteiger partial charge in [0, 0.05) is 37.9 Å². The summed E-state index contributed by atoms with van der Waals surface area (Å²) in [6.45, 7) is 8.73. The summed E-state index contributed by atoms with van der Waals surface area (Å²) in [5.74, 6) is 0. The lowest BCUT2D eigenvalue weighted by Crippen LogP contribution is -2.58. The first-order valence-corrected chi connectivity index (χ1v) is 10.4. The second-order valence-corrected chi connectivity index (χ2v) is 8.53. The van der Waals surface area contributed by atoms with E-state index in [0.29, 0.717) is 17.7 Å². The number of nitrogens with zero attached hydrogens (tertiary/aromatic N) is 4. The molecule has 2 atom stereocenters. The number of benzene rings is 1. The molecule has 2 aromatic heterocycles. The second kappa shape index (κ2) is 7.85. The number of hydrogen-bond acceptors (Lipinski definition) is 5. The molecule has 1 aliphatic rings. The molecule has 6 nitrogen and oxygen atoms in total. The van der Waals surface area contributed by atoms with Crippen LogP contribution in [0.1, 0.15) is 25.0 Å². The monoisotopic (exact) mass is 395 g/mol. The van der Waals surface area contributed by atoms with Crippen LogP contribution in [0, 0.1) is 6.92 Å². The van der Waals surface area contributed by atoms with Crippen molar-refractivity contribution in [1.29, 1.82) is 0 Å². The number of pyridine rings is 1. The number of aryl methyl sites for hydroxylation is 1. The van der Waals surface area contributed by atoms with Gasteiger partial charge < -0.3 is 4.90 Å². The SMILES string of the molecule is Cc1cnc2sc(NC(=O)N3CC(C)N(Cc4ccccc4)CC3C)nc2c1. The van der Waals surface area contributed by atoms with E-state index in [1.54, 1.807) is 0 Å². The van der Waals surface area contributed by atoms with Crippen LogP contribution in [0.5, 0.6) is 0 Å². The molecule has 3 heterocycles. The van der Waals surface area contributed by atoms with Gasteiger partial charge in [0.15, 0.2) is 5.13 Å². The van der Waals surface area contributed by atoms with Crippen LogP contribution in [0.4, 0.5) is 9.93 Å². The number of fused-ring (bicyclic) bond motifs is 1. The van der Waals surface area contributed by atoms with Crippen LogP contribution in [0.2, 0.25) is 0 Å². The van der Waals surface area contributed by atoms with Gasteiger partial charge in [0.2, 0.25) is 0 Å². The Hall–Kier alpha value is -2.51. The molecule has 146 valence electrons. The Morgan fingerprint density at radius 3 is 2.79 bits per heavy atom. The highest BCUT2D eigenvalue weighted by molar-refractivity contribution is 7.21. The zero-order valence-corrected chi connectivity index (χ0v) is 17.2. The quantitative estimate of drug-likeness (QED) is 0.724. The van der Waals surface area contributed by atoms with Gasteiger partial charge in [-0.1, -0.05) is 41.7 Å². The van der Waals surface area contributed by atoms with Gasteiger partial charge in [-0.25, -0.2) is 14.8 Å². The van der Waals surface area contributed by atoms with Gasteiger partial charge in [-0.15, -0.1) is 0 Å². The van der Waals surface area contributed by atoms with Crippen LogP contribution < -0.4 is 5.32 Å². The minimum absolute atomic E-state index is 0.0884. The van der Waals surface area contributed by atoms with Gasteiger partial charge >= 0.3 is 6.03 Å². The molecule has 0 spiro atoms. The summed E-state index contributed by atoms with van der Waals surface area (Å²) in [6.07, 6.45) is 1.82. The Labute approximate surface area is 169 Å². The lowest BCUT2D eigenvalue weighted by atomic mass is 10.1. The molecule has 0 saturated carbocycles. The Bertz CT molecular complexity index is 973. The predicted molar refractivity (Wildman–Crippen MR) is 114 cm³/mol. The van der Waals surface area contributed by atoms with Crippen molar-refractivity contribution < 1.29 is 4.79 Å². The molecule has 7 heteroatoms. The highest BCUT2D eigenvalue weighted by Gasteiger charge is 2.32. The third kappa shape index (κ3) is 4.00. The molecule has 1 aromatic carbocycles. The van der Waals surface area contributed by atoms with Crippen LogP contribution in [0.25, 0.3) is 10.3 Å². The summed E-state index contributed by atoms with van der Waals surface area (Å²) in [5, 5.41) is 3.57. The maximum atomic E-state index is 12.9. The van der Waals surface area contributed by atoms with Crippen molar-refractivity contribution >= 4 is 32.8 Å². The van der Waals surface area contributed by atoms with Gasteiger partial charge in [-0.2, -0.15) is 0 Å². The van der Waals surface area contributed by atoms with Crippen molar-refractivity contribution in [2.24, 2.45) is 0 Å². The van der Waals surface area contributed by atoms with Crippen LogP contribution >= 0.6 is 11.3 Å². The van der Waals surface area contributed by atoms with Gasteiger partial charge in [-0.05, 0) is 38.0 Å². The number of anilines is 1. The maximum Gasteiger partial charge on any atom is 0.323 e. The minimum Gasteiger partial charge on any atom is -0.319 e. The Balaban J connectivity index is 1.41. The fraction of sp³-hybridized carbons (Fsp3) is 0.381. The third-order valence-electron chi connectivity index (χ3n) is 5.20. The Morgan fingerprint density at radius 1 is 1.21 bits per heavy atom. The normalized spacial score (nSPS) is 20.5. The number of carbonyl (C=O) groups is 1. The van der Waals surface area contributed by atoms with E-state index in [1.165, 1.54) is 16.9 Å². The molecule has 2 amide bonds. The summed E-state index contributed by atoms with van der Waals surface area (Å²) in [6, 6.07) is 12.8. The van der Waals surface area contributed by atoms with E-state index in [1.807, 2.05) is 30.2 Å². The van der Waals surface area contributed by atoms with E-state index in [4.69, 9.17) is 0 Å². The molecule has 0 aliphatic carbocycles. The summed E-state index contributed by atoms with van der Waals surface area (Å²) < 4.78 is 0. The molecule has 0 bridgehead atoms. The van der Waals surface area contributed by atoms with Gasteiger partial charge in [0.25, 0.3) is 0 Å². The number of rotatable bonds is 3. The smallest absolute Gasteiger partial charge is 0.319 e. The largest absolute Gasteiger partial charge is 0.323 e. The van der Waals surface area contributed by atoms with Crippen LogP contribution in [-0.4, -0.2) is 51.0 Å². The zero-order valence-electron chi connectivity index (χ0n) is 16.4. The lowest BCUT2D eigenvalue weighted by Gasteiger charge is -2.44. The zero-order chi connectivity index (χ0) is 19.7. The van der Waals surface area contributed by atoms with Crippen molar-refractivity contribution in [1.82, 2.24) is 19.8 Å². The lowest BCUT2D eigenvalue weighted by molar-refractivity contribution is 0.0627. The number of amides is 2. The van der Waals surface area contributed by atoms with E-state index >= 15 is 0 Å². The fourth-order valence-corrected chi connectivity index (χ4v) is 4.44. The first-order chi connectivity index (χ1) is 13.5. The maximum absolute atomic E-state index is 12.9. The number of aromatic nitrogens is 2. The fourth-order valence-electron chi connectivity index (χ4n) is 3.66. The summed E-state index contributed by atoms with van der Waals surface area (Å²) in [5.41, 5.74) is 3.19. The van der Waals surface area contributed by atoms with E-state index in [-0.39, 0.29) is 12.1 Å². The van der Waals surface area contributed by atoms with Crippen LogP contribution in [0.3, 0.4) is 0 Å². The van der Waals surface area contributed by atoms with Crippen LogP contribution in [-0.2, 0) is 6.54 Å². The Morgan fingerprint density at radius 2 is 2.00 bits per heavy atom. The molecule has 1 fully saturated rings. The highest BCUT2D eigenvalue weighted by Crippen LogP contribution is 2.26. The van der Waals surface area contributed by atoms with Crippen molar-refractivity contribution in [3.05, 3.63) is 53.7 Å². The van der Waals surface area contributed by atoms with Crippen molar-refractivity contribution in [2.45, 2.75) is 39.4 Å². The molecular formula is C21H25N5OS. The van der Waals surface area contributed by atoms with Gasteiger partial charge in [-0.3, -0.25) is 10.2 Å². The molecule has 1 aliphatic heterocycles. The molecule has 0 radical (unpaired) electrons. The molecule has 4 rings (SSSR count). The average Bonchev–Trinajstić information content (AvgIpc) is 3.06. The predicted octanol–water partition coefficient (Wildman–Crippen LogP) is 4.13. The molecule has 2 unspecified atom stereocenters. The number of thiazole rings is 1. The van der Waals surface area contributed by atoms with Crippen LogP contribution in [0.15, 0.2) is 42.6 Å². The van der Waals surface area contributed by atoms with Crippen molar-refractivity contribution in [2.75, 3.05) is 18.4 Å². The van der Waals surface area contributed by atoms with E-state index < -0.39 is 0 Å². The molecule has 1 N–H and O–H groups in total. The molecular weight excluding hydrogens is 370 g/mol. The third-order valence-corrected chi connectivity index (χ3v) is 6.10. The number of hydrogen-bond donors (Lipinski definition) is 1. The average molecular weight is 396 g/mol. The van der Waals surface area contributed by atoms with Gasteiger partial charge in [0.05, 0.1) is 0 Å². The van der Waals surface area contributed by atoms with Crippen molar-refractivity contribution in [3.63, 3.8) is 0 Å². The van der Waals surface area contributed by atoms with E-state index in [9.17, 15) is 4.79 Å². The molecule has 3 aromatic rings. The second-order valence-electron chi connectivity index (χ2n) is 7.55. The number of piperazine rings is 1. The first kappa shape index (κ1) is 18.8. The van der Waals surface area contributed by atoms with Gasteiger partial charge in [0.1, 0.15) is 10.3 Å². The first-order valence-electron chi connectivity index (χ1n) is 9.58. The molecule has 1 saturated heterocycles. The Kier molecular flexibility index (Phi) is 5.28. The summed E-state index contributed by atoms with van der Waals surface area (Å²) in [7, 11) is 0. The minimum atomic E-state index is -0.0884. The van der Waals surface area contributed by atoms with Crippen molar-refractivity contribution in [3.8, 4) is 0 Å². The van der Waals surface area contributed by atoms with E-state index in [0.717, 1.165) is 29.0 Å². The number of nitrogens with one attached hydrogen (secondary N) is 1. The molecule has 28 heavy (non-hydrogen) atoms. The standard InChI is InChI=1S/C21H25N5OS/c1-14-9-18-19(22-10-14)28-20(23-18)24-21(27)26-12-15(2)25(11-16(26)3)13-17-7-5-4-6-8-17/h4-10,15-16H,11-13H2,1-3H3,(H,23,24,27). The topological polar surface area (TPSA) is 61.4 Å². The number of urea groups is 1. The summed E-state index contributed by atoms with van der Waals surface area (Å²) in [4.78, 5) is 27.0. The highest BCUT2D eigenvalue weighted by atomic mass is 32.1. The summed E-state index contributed by atoms with van der Waals surface area (Å²) >= 11 is 1.41. The van der Waals surface area contributed by atoms with E-state index in [2.05, 4.69) is 58.3 Å². The number of carbonyl (C=O) groups excluding carboxylic acids is 1.